The largest absolute Gasteiger partial charge is 0.379 e. The summed E-state index contributed by atoms with van der Waals surface area (Å²) in [6, 6.07) is 7.97. The monoisotopic (exact) mass is 245 g/mol. The van der Waals surface area contributed by atoms with Gasteiger partial charge in [-0.3, -0.25) is 0 Å². The zero-order chi connectivity index (χ0) is 12.6. The van der Waals surface area contributed by atoms with E-state index in [0.29, 0.717) is 31.3 Å². The molecule has 5 nitrogen and oxygen atoms in total. The van der Waals surface area contributed by atoms with Gasteiger partial charge in [-0.2, -0.15) is 4.98 Å². The van der Waals surface area contributed by atoms with Crippen LogP contribution in [-0.2, 0) is 10.3 Å². The third kappa shape index (κ3) is 1.91. The second-order valence-electron chi connectivity index (χ2n) is 4.75. The van der Waals surface area contributed by atoms with Gasteiger partial charge in [-0.25, -0.2) is 0 Å². The number of nitrogens with two attached hydrogens (primary N) is 1. The molecular formula is C13H15N3O2. The molecule has 2 heterocycles. The van der Waals surface area contributed by atoms with Crippen LogP contribution in [-0.4, -0.2) is 23.4 Å². The van der Waals surface area contributed by atoms with Crippen molar-refractivity contribution in [3.63, 3.8) is 0 Å². The number of benzene rings is 1. The number of aromatic nitrogens is 2. The van der Waals surface area contributed by atoms with Crippen molar-refractivity contribution in [3.8, 4) is 11.4 Å². The quantitative estimate of drug-likeness (QED) is 0.870. The van der Waals surface area contributed by atoms with Crippen molar-refractivity contribution < 1.29 is 9.26 Å². The van der Waals surface area contributed by atoms with E-state index < -0.39 is 5.54 Å². The number of hydrogen-bond acceptors (Lipinski definition) is 5. The Morgan fingerprint density at radius 2 is 2.06 bits per heavy atom. The molecule has 18 heavy (non-hydrogen) atoms. The van der Waals surface area contributed by atoms with Crippen LogP contribution in [0.15, 0.2) is 28.8 Å². The summed E-state index contributed by atoms with van der Waals surface area (Å²) in [5.41, 5.74) is 7.67. The van der Waals surface area contributed by atoms with Crippen LogP contribution in [0.1, 0.15) is 17.9 Å². The zero-order valence-electron chi connectivity index (χ0n) is 10.2. The average molecular weight is 245 g/mol. The SMILES string of the molecule is Cc1ccc(-c2noc(C3(N)CCOC3)n2)cc1. The summed E-state index contributed by atoms with van der Waals surface area (Å²) in [5, 5.41) is 3.98. The molecule has 1 aromatic heterocycles. The molecule has 0 bridgehead atoms. The minimum Gasteiger partial charge on any atom is -0.379 e. The molecule has 0 amide bonds. The van der Waals surface area contributed by atoms with Crippen molar-refractivity contribution in [1.29, 1.82) is 0 Å². The molecule has 1 atom stereocenters. The average Bonchev–Trinajstić information content (AvgIpc) is 2.99. The minimum atomic E-state index is -0.629. The molecule has 1 aliphatic heterocycles. The number of ether oxygens (including phenoxy) is 1. The Bertz CT molecular complexity index is 542. The van der Waals surface area contributed by atoms with Gasteiger partial charge < -0.3 is 15.0 Å². The summed E-state index contributed by atoms with van der Waals surface area (Å²) in [7, 11) is 0. The van der Waals surface area contributed by atoms with E-state index in [0.717, 1.165) is 5.56 Å². The van der Waals surface area contributed by atoms with Gasteiger partial charge in [0.1, 0.15) is 5.54 Å². The Morgan fingerprint density at radius 3 is 2.72 bits per heavy atom. The van der Waals surface area contributed by atoms with Crippen LogP contribution in [0.3, 0.4) is 0 Å². The van der Waals surface area contributed by atoms with Crippen LogP contribution < -0.4 is 5.73 Å². The third-order valence-corrected chi connectivity index (χ3v) is 3.21. The highest BCUT2D eigenvalue weighted by atomic mass is 16.5. The molecule has 1 fully saturated rings. The van der Waals surface area contributed by atoms with Gasteiger partial charge in [0.25, 0.3) is 0 Å². The Balaban J connectivity index is 1.91. The standard InChI is InChI=1S/C13H15N3O2/c1-9-2-4-10(5-3-9)11-15-12(18-16-11)13(14)6-7-17-8-13/h2-5H,6-8,14H2,1H3. The highest BCUT2D eigenvalue weighted by Gasteiger charge is 2.38. The molecule has 3 rings (SSSR count). The van der Waals surface area contributed by atoms with Crippen LogP contribution in [0, 0.1) is 6.92 Å². The molecular weight excluding hydrogens is 230 g/mol. The minimum absolute atomic E-state index is 0.433. The van der Waals surface area contributed by atoms with Gasteiger partial charge in [0.15, 0.2) is 0 Å². The lowest BCUT2D eigenvalue weighted by atomic mass is 10.0. The normalized spacial score (nSPS) is 23.4. The summed E-state index contributed by atoms with van der Waals surface area (Å²) < 4.78 is 10.6. The van der Waals surface area contributed by atoms with Gasteiger partial charge in [0.05, 0.1) is 6.61 Å². The molecule has 1 saturated heterocycles. The molecule has 2 N–H and O–H groups in total. The summed E-state index contributed by atoms with van der Waals surface area (Å²) in [4.78, 5) is 4.38. The fraction of sp³-hybridized carbons (Fsp3) is 0.385. The first kappa shape index (κ1) is 11.4. The maximum Gasteiger partial charge on any atom is 0.249 e. The molecule has 0 spiro atoms. The molecule has 1 unspecified atom stereocenters. The highest BCUT2D eigenvalue weighted by molar-refractivity contribution is 5.54. The first-order valence-electron chi connectivity index (χ1n) is 5.95. The second kappa shape index (κ2) is 4.19. The van der Waals surface area contributed by atoms with E-state index in [9.17, 15) is 0 Å². The molecule has 94 valence electrons. The van der Waals surface area contributed by atoms with E-state index in [1.54, 1.807) is 0 Å². The van der Waals surface area contributed by atoms with Crippen LogP contribution >= 0.6 is 0 Å². The first-order valence-corrected chi connectivity index (χ1v) is 5.95. The van der Waals surface area contributed by atoms with Crippen molar-refractivity contribution >= 4 is 0 Å². The topological polar surface area (TPSA) is 74.2 Å². The first-order chi connectivity index (χ1) is 8.67. The van der Waals surface area contributed by atoms with E-state index in [4.69, 9.17) is 15.0 Å². The van der Waals surface area contributed by atoms with Crippen molar-refractivity contribution in [2.45, 2.75) is 18.9 Å². The molecule has 1 aromatic carbocycles. The number of hydrogen-bond donors (Lipinski definition) is 1. The van der Waals surface area contributed by atoms with Gasteiger partial charge in [-0.1, -0.05) is 35.0 Å². The van der Waals surface area contributed by atoms with Crippen molar-refractivity contribution in [3.05, 3.63) is 35.7 Å². The third-order valence-electron chi connectivity index (χ3n) is 3.21. The lowest BCUT2D eigenvalue weighted by Crippen LogP contribution is -2.37. The Hall–Kier alpha value is -1.72. The molecule has 2 aromatic rings. The maximum absolute atomic E-state index is 6.17. The summed E-state index contributed by atoms with van der Waals surface area (Å²) in [6.45, 7) is 3.11. The fourth-order valence-electron chi connectivity index (χ4n) is 2.00. The number of nitrogens with zero attached hydrogens (tertiary/aromatic N) is 2. The van der Waals surface area contributed by atoms with Crippen molar-refractivity contribution in [1.82, 2.24) is 10.1 Å². The summed E-state index contributed by atoms with van der Waals surface area (Å²) in [6.07, 6.45) is 0.711. The van der Waals surface area contributed by atoms with E-state index in [2.05, 4.69) is 10.1 Å². The lowest BCUT2D eigenvalue weighted by molar-refractivity contribution is 0.166. The fourth-order valence-corrected chi connectivity index (χ4v) is 2.00. The van der Waals surface area contributed by atoms with Gasteiger partial charge in [-0.05, 0) is 13.3 Å². The molecule has 1 aliphatic rings. The van der Waals surface area contributed by atoms with Crippen LogP contribution in [0.2, 0.25) is 0 Å². The Labute approximate surface area is 105 Å². The van der Waals surface area contributed by atoms with Gasteiger partial charge in [-0.15, -0.1) is 0 Å². The van der Waals surface area contributed by atoms with Gasteiger partial charge >= 0.3 is 0 Å². The van der Waals surface area contributed by atoms with E-state index in [-0.39, 0.29) is 0 Å². The highest BCUT2D eigenvalue weighted by Crippen LogP contribution is 2.28. The van der Waals surface area contributed by atoms with Crippen LogP contribution in [0.25, 0.3) is 11.4 Å². The number of rotatable bonds is 2. The maximum atomic E-state index is 6.17. The van der Waals surface area contributed by atoms with Crippen LogP contribution in [0.4, 0.5) is 0 Å². The lowest BCUT2D eigenvalue weighted by Gasteiger charge is -2.14. The van der Waals surface area contributed by atoms with E-state index in [1.165, 1.54) is 5.56 Å². The summed E-state index contributed by atoms with van der Waals surface area (Å²) in [5.74, 6) is 1.03. The van der Waals surface area contributed by atoms with Gasteiger partial charge in [0, 0.05) is 12.2 Å². The molecule has 5 heteroatoms. The molecule has 0 aliphatic carbocycles. The van der Waals surface area contributed by atoms with Crippen molar-refractivity contribution in [2.24, 2.45) is 5.73 Å². The van der Waals surface area contributed by atoms with Crippen molar-refractivity contribution in [2.75, 3.05) is 13.2 Å². The molecule has 0 saturated carbocycles. The Morgan fingerprint density at radius 1 is 1.28 bits per heavy atom. The Kier molecular flexibility index (Phi) is 2.65. The molecule has 0 radical (unpaired) electrons. The predicted molar refractivity (Wildman–Crippen MR) is 65.8 cm³/mol. The van der Waals surface area contributed by atoms with Gasteiger partial charge in [0.2, 0.25) is 11.7 Å². The van der Waals surface area contributed by atoms with E-state index >= 15 is 0 Å². The summed E-state index contributed by atoms with van der Waals surface area (Å²) >= 11 is 0. The predicted octanol–water partition coefficient (Wildman–Crippen LogP) is 1.62. The zero-order valence-corrected chi connectivity index (χ0v) is 10.2. The second-order valence-corrected chi connectivity index (χ2v) is 4.75. The van der Waals surface area contributed by atoms with E-state index in [1.807, 2.05) is 31.2 Å². The smallest absolute Gasteiger partial charge is 0.249 e. The number of aryl methyl sites for hydroxylation is 1. The van der Waals surface area contributed by atoms with Crippen LogP contribution in [0.5, 0.6) is 0 Å².